The van der Waals surface area contributed by atoms with Gasteiger partial charge in [-0.25, -0.2) is 0 Å². The van der Waals surface area contributed by atoms with Crippen LogP contribution in [0.4, 0.5) is 0 Å². The quantitative estimate of drug-likeness (QED) is 0.819. The van der Waals surface area contributed by atoms with Crippen molar-refractivity contribution in [1.82, 2.24) is 0 Å². The Kier molecular flexibility index (Phi) is 4.57. The number of hydrogen-bond acceptors (Lipinski definition) is 2. The average molecular weight is 268 g/mol. The van der Waals surface area contributed by atoms with Crippen LogP contribution in [0.15, 0.2) is 42.5 Å². The van der Waals surface area contributed by atoms with Gasteiger partial charge in [0.2, 0.25) is 0 Å². The molecule has 2 aromatic carbocycles. The van der Waals surface area contributed by atoms with E-state index in [1.54, 1.807) is 6.92 Å². The molecule has 2 heteroatoms. The number of Topliss-reactive ketones (excluding diaryl/α,β-unsaturated/α-hetero) is 1. The first-order valence-corrected chi connectivity index (χ1v) is 6.81. The molecule has 0 spiro atoms. The summed E-state index contributed by atoms with van der Waals surface area (Å²) in [7, 11) is 0. The third kappa shape index (κ3) is 4.23. The molecule has 0 saturated carbocycles. The molecule has 20 heavy (non-hydrogen) atoms. The molecule has 0 aliphatic heterocycles. The van der Waals surface area contributed by atoms with Gasteiger partial charge in [-0.2, -0.15) is 0 Å². The van der Waals surface area contributed by atoms with Crippen LogP contribution in [-0.2, 0) is 17.8 Å². The largest absolute Gasteiger partial charge is 0.489 e. The van der Waals surface area contributed by atoms with Crippen LogP contribution in [0.25, 0.3) is 0 Å². The van der Waals surface area contributed by atoms with Gasteiger partial charge in [0, 0.05) is 6.42 Å². The van der Waals surface area contributed by atoms with Crippen LogP contribution >= 0.6 is 0 Å². The Balaban J connectivity index is 1.98. The Morgan fingerprint density at radius 3 is 2.10 bits per heavy atom. The van der Waals surface area contributed by atoms with E-state index >= 15 is 0 Å². The number of benzene rings is 2. The first-order chi connectivity index (χ1) is 9.52. The molecular weight excluding hydrogens is 248 g/mol. The van der Waals surface area contributed by atoms with Crippen molar-refractivity contribution < 1.29 is 9.53 Å². The predicted octanol–water partition coefficient (Wildman–Crippen LogP) is 4.01. The summed E-state index contributed by atoms with van der Waals surface area (Å²) in [5.41, 5.74) is 4.70. The van der Waals surface area contributed by atoms with Crippen molar-refractivity contribution in [3.63, 3.8) is 0 Å². The first-order valence-electron chi connectivity index (χ1n) is 6.81. The molecule has 0 aliphatic carbocycles. The van der Waals surface area contributed by atoms with E-state index in [1.807, 2.05) is 24.3 Å². The van der Waals surface area contributed by atoms with Crippen molar-refractivity contribution in [1.29, 1.82) is 0 Å². The predicted molar refractivity (Wildman–Crippen MR) is 81.1 cm³/mol. The van der Waals surface area contributed by atoms with E-state index in [0.717, 1.165) is 11.3 Å². The lowest BCUT2D eigenvalue weighted by atomic mass is 10.1. The molecule has 0 atom stereocenters. The molecule has 0 aliphatic rings. The van der Waals surface area contributed by atoms with Gasteiger partial charge < -0.3 is 4.74 Å². The number of ketones is 1. The zero-order valence-electron chi connectivity index (χ0n) is 12.3. The summed E-state index contributed by atoms with van der Waals surface area (Å²) in [6.45, 7) is 6.35. The van der Waals surface area contributed by atoms with Crippen LogP contribution in [0.5, 0.6) is 5.75 Å². The standard InChI is InChI=1S/C18H20O2/c1-13-8-14(2)10-17(9-13)12-20-18-6-4-16(5-7-18)11-15(3)19/h4-10H,11-12H2,1-3H3. The van der Waals surface area contributed by atoms with Gasteiger partial charge >= 0.3 is 0 Å². The normalized spacial score (nSPS) is 10.3. The molecule has 0 bridgehead atoms. The monoisotopic (exact) mass is 268 g/mol. The van der Waals surface area contributed by atoms with Gasteiger partial charge in [0.25, 0.3) is 0 Å². The lowest BCUT2D eigenvalue weighted by Gasteiger charge is -2.08. The molecule has 0 heterocycles. The molecule has 104 valence electrons. The Morgan fingerprint density at radius 1 is 0.950 bits per heavy atom. The summed E-state index contributed by atoms with van der Waals surface area (Å²) < 4.78 is 5.78. The molecule has 0 radical (unpaired) electrons. The number of aryl methyl sites for hydroxylation is 2. The fourth-order valence-electron chi connectivity index (χ4n) is 2.31. The van der Waals surface area contributed by atoms with Crippen LogP contribution in [0.2, 0.25) is 0 Å². The number of rotatable bonds is 5. The van der Waals surface area contributed by atoms with Crippen molar-refractivity contribution in [2.45, 2.75) is 33.8 Å². The summed E-state index contributed by atoms with van der Waals surface area (Å²) in [6, 6.07) is 14.1. The molecular formula is C18H20O2. The highest BCUT2D eigenvalue weighted by Gasteiger charge is 2.00. The highest BCUT2D eigenvalue weighted by Crippen LogP contribution is 2.16. The lowest BCUT2D eigenvalue weighted by molar-refractivity contribution is -0.116. The van der Waals surface area contributed by atoms with Gasteiger partial charge in [-0.3, -0.25) is 4.79 Å². The molecule has 0 fully saturated rings. The van der Waals surface area contributed by atoms with E-state index in [4.69, 9.17) is 4.74 Å². The SMILES string of the molecule is CC(=O)Cc1ccc(OCc2cc(C)cc(C)c2)cc1. The summed E-state index contributed by atoms with van der Waals surface area (Å²) in [5, 5.41) is 0. The highest BCUT2D eigenvalue weighted by atomic mass is 16.5. The number of carbonyl (C=O) groups excluding carboxylic acids is 1. The molecule has 2 nitrogen and oxygen atoms in total. The number of hydrogen-bond donors (Lipinski definition) is 0. The van der Waals surface area contributed by atoms with E-state index in [0.29, 0.717) is 13.0 Å². The van der Waals surface area contributed by atoms with Crippen LogP contribution in [0.3, 0.4) is 0 Å². The third-order valence-corrected chi connectivity index (χ3v) is 3.06. The van der Waals surface area contributed by atoms with Gasteiger partial charge in [-0.05, 0) is 44.0 Å². The van der Waals surface area contributed by atoms with Crippen LogP contribution in [0, 0.1) is 13.8 Å². The van der Waals surface area contributed by atoms with Gasteiger partial charge in [0.05, 0.1) is 0 Å². The molecule has 2 aromatic rings. The molecule has 0 saturated heterocycles. The smallest absolute Gasteiger partial charge is 0.134 e. The molecule has 0 N–H and O–H groups in total. The summed E-state index contributed by atoms with van der Waals surface area (Å²) in [5.74, 6) is 1.00. The maximum absolute atomic E-state index is 11.0. The highest BCUT2D eigenvalue weighted by molar-refractivity contribution is 5.78. The molecule has 2 rings (SSSR count). The second-order valence-corrected chi connectivity index (χ2v) is 5.31. The van der Waals surface area contributed by atoms with Crippen LogP contribution in [0.1, 0.15) is 29.2 Å². The van der Waals surface area contributed by atoms with Crippen LogP contribution < -0.4 is 4.74 Å². The minimum Gasteiger partial charge on any atom is -0.489 e. The second-order valence-electron chi connectivity index (χ2n) is 5.31. The van der Waals surface area contributed by atoms with Gasteiger partial charge in [-0.1, -0.05) is 41.5 Å². The molecule has 0 aromatic heterocycles. The minimum atomic E-state index is 0.175. The van der Waals surface area contributed by atoms with Crippen molar-refractivity contribution >= 4 is 5.78 Å². The Hall–Kier alpha value is -2.09. The maximum atomic E-state index is 11.0. The Morgan fingerprint density at radius 2 is 1.55 bits per heavy atom. The maximum Gasteiger partial charge on any atom is 0.134 e. The molecule has 0 unspecified atom stereocenters. The summed E-state index contributed by atoms with van der Waals surface area (Å²) in [4.78, 5) is 11.0. The minimum absolute atomic E-state index is 0.175. The molecule has 0 amide bonds. The van der Waals surface area contributed by atoms with E-state index < -0.39 is 0 Å². The van der Waals surface area contributed by atoms with Crippen LogP contribution in [-0.4, -0.2) is 5.78 Å². The topological polar surface area (TPSA) is 26.3 Å². The van der Waals surface area contributed by atoms with Gasteiger partial charge in [0.15, 0.2) is 0 Å². The second kappa shape index (κ2) is 6.38. The van der Waals surface area contributed by atoms with Gasteiger partial charge in [0.1, 0.15) is 18.1 Å². The van der Waals surface area contributed by atoms with E-state index in [-0.39, 0.29) is 5.78 Å². The average Bonchev–Trinajstić information content (AvgIpc) is 2.36. The number of ether oxygens (including phenoxy) is 1. The van der Waals surface area contributed by atoms with Crippen molar-refractivity contribution in [2.24, 2.45) is 0 Å². The summed E-state index contributed by atoms with van der Waals surface area (Å²) in [6.07, 6.45) is 0.483. The fraction of sp³-hybridized carbons (Fsp3) is 0.278. The zero-order chi connectivity index (χ0) is 14.5. The van der Waals surface area contributed by atoms with E-state index in [9.17, 15) is 4.79 Å². The lowest BCUT2D eigenvalue weighted by Crippen LogP contribution is -1.98. The summed E-state index contributed by atoms with van der Waals surface area (Å²) >= 11 is 0. The Bertz CT molecular complexity index is 577. The van der Waals surface area contributed by atoms with E-state index in [1.165, 1.54) is 16.7 Å². The fourth-order valence-corrected chi connectivity index (χ4v) is 2.31. The third-order valence-electron chi connectivity index (χ3n) is 3.06. The van der Waals surface area contributed by atoms with Gasteiger partial charge in [-0.15, -0.1) is 0 Å². The zero-order valence-corrected chi connectivity index (χ0v) is 12.3. The van der Waals surface area contributed by atoms with Crippen molar-refractivity contribution in [3.05, 3.63) is 64.7 Å². The van der Waals surface area contributed by atoms with Crippen molar-refractivity contribution in [2.75, 3.05) is 0 Å². The Labute approximate surface area is 120 Å². The van der Waals surface area contributed by atoms with E-state index in [2.05, 4.69) is 32.0 Å². The first kappa shape index (κ1) is 14.3. The van der Waals surface area contributed by atoms with Crippen molar-refractivity contribution in [3.8, 4) is 5.75 Å². The number of carbonyl (C=O) groups is 1.